The summed E-state index contributed by atoms with van der Waals surface area (Å²) in [7, 11) is 0. The first-order valence-electron chi connectivity index (χ1n) is 6.72. The Labute approximate surface area is 118 Å². The van der Waals surface area contributed by atoms with E-state index in [1.165, 1.54) is 21.6 Å². The summed E-state index contributed by atoms with van der Waals surface area (Å²) in [6, 6.07) is 11.6. The van der Waals surface area contributed by atoms with Crippen LogP contribution in [-0.2, 0) is 13.0 Å². The zero-order chi connectivity index (χ0) is 13.4. The maximum absolute atomic E-state index is 9.34. The third-order valence-corrected chi connectivity index (χ3v) is 4.87. The van der Waals surface area contributed by atoms with Gasteiger partial charge < -0.3 is 10.4 Å². The van der Waals surface area contributed by atoms with Crippen LogP contribution in [0, 0.1) is 6.92 Å². The van der Waals surface area contributed by atoms with E-state index < -0.39 is 0 Å². The average Bonchev–Trinajstić information content (AvgIpc) is 2.81. The highest BCUT2D eigenvalue weighted by molar-refractivity contribution is 7.12. The van der Waals surface area contributed by atoms with Crippen LogP contribution in [0.5, 0.6) is 0 Å². The Morgan fingerprint density at radius 1 is 1.32 bits per heavy atom. The minimum Gasteiger partial charge on any atom is -0.391 e. The summed E-state index contributed by atoms with van der Waals surface area (Å²) in [6.45, 7) is 4.48. The van der Waals surface area contributed by atoms with Gasteiger partial charge in [0.2, 0.25) is 0 Å². The molecule has 0 aliphatic carbocycles. The number of rotatable bonds is 2. The second kappa shape index (κ2) is 5.08. The molecule has 2 heterocycles. The lowest BCUT2D eigenvalue weighted by Gasteiger charge is -2.29. The molecule has 2 nitrogen and oxygen atoms in total. The molecule has 1 aromatic heterocycles. The lowest BCUT2D eigenvalue weighted by atomic mass is 9.92. The van der Waals surface area contributed by atoms with Gasteiger partial charge >= 0.3 is 0 Å². The molecular weight excluding hydrogens is 254 g/mol. The first-order chi connectivity index (χ1) is 9.17. The molecule has 3 rings (SSSR count). The molecule has 0 spiro atoms. The van der Waals surface area contributed by atoms with Gasteiger partial charge in [-0.15, -0.1) is 11.3 Å². The highest BCUT2D eigenvalue weighted by atomic mass is 32.1. The van der Waals surface area contributed by atoms with Gasteiger partial charge in [-0.2, -0.15) is 0 Å². The van der Waals surface area contributed by atoms with E-state index in [1.54, 1.807) is 11.3 Å². The van der Waals surface area contributed by atoms with E-state index in [-0.39, 0.29) is 12.6 Å². The molecule has 1 aliphatic rings. The second-order valence-electron chi connectivity index (χ2n) is 5.36. The fraction of sp³-hybridized carbons (Fsp3) is 0.375. The molecule has 3 heteroatoms. The van der Waals surface area contributed by atoms with Gasteiger partial charge in [0.25, 0.3) is 0 Å². The van der Waals surface area contributed by atoms with Gasteiger partial charge in [-0.05, 0) is 37.5 Å². The molecule has 0 saturated carbocycles. The van der Waals surface area contributed by atoms with E-state index >= 15 is 0 Å². The van der Waals surface area contributed by atoms with Gasteiger partial charge in [0.1, 0.15) is 0 Å². The maximum atomic E-state index is 9.34. The summed E-state index contributed by atoms with van der Waals surface area (Å²) in [5, 5.41) is 13.0. The molecular formula is C16H19NOS. The number of benzene rings is 1. The van der Waals surface area contributed by atoms with Crippen LogP contribution < -0.4 is 5.32 Å². The molecule has 2 aromatic rings. The number of aliphatic hydroxyl groups is 1. The third kappa shape index (κ3) is 2.46. The molecule has 1 aliphatic heterocycles. The van der Waals surface area contributed by atoms with Gasteiger partial charge in [0.15, 0.2) is 0 Å². The number of nitrogens with one attached hydrogen (secondary N) is 1. The van der Waals surface area contributed by atoms with E-state index in [9.17, 15) is 5.11 Å². The number of hydrogen-bond acceptors (Lipinski definition) is 3. The van der Waals surface area contributed by atoms with Crippen LogP contribution in [-0.4, -0.2) is 11.1 Å². The zero-order valence-electron chi connectivity index (χ0n) is 11.3. The van der Waals surface area contributed by atoms with E-state index in [0.29, 0.717) is 6.04 Å². The monoisotopic (exact) mass is 273 g/mol. The molecule has 0 amide bonds. The summed E-state index contributed by atoms with van der Waals surface area (Å²) < 4.78 is 0. The van der Waals surface area contributed by atoms with Crippen molar-refractivity contribution in [2.24, 2.45) is 0 Å². The number of aliphatic hydroxyl groups excluding tert-OH is 1. The molecule has 0 bridgehead atoms. The Morgan fingerprint density at radius 2 is 2.05 bits per heavy atom. The summed E-state index contributed by atoms with van der Waals surface area (Å²) in [6.07, 6.45) is 1.06. The quantitative estimate of drug-likeness (QED) is 0.881. The Balaban J connectivity index is 2.02. The smallest absolute Gasteiger partial charge is 0.0774 e. The van der Waals surface area contributed by atoms with Crippen molar-refractivity contribution in [3.8, 4) is 0 Å². The Bertz CT molecular complexity index is 573. The minimum absolute atomic E-state index is 0.146. The predicted molar refractivity (Wildman–Crippen MR) is 79.6 cm³/mol. The molecule has 1 aromatic carbocycles. The van der Waals surface area contributed by atoms with Gasteiger partial charge in [0.05, 0.1) is 12.6 Å². The molecule has 19 heavy (non-hydrogen) atoms. The zero-order valence-corrected chi connectivity index (χ0v) is 12.1. The summed E-state index contributed by atoms with van der Waals surface area (Å²) in [5.41, 5.74) is 3.94. The van der Waals surface area contributed by atoms with Crippen LogP contribution in [0.2, 0.25) is 0 Å². The van der Waals surface area contributed by atoms with Crippen molar-refractivity contribution in [3.05, 3.63) is 56.8 Å². The molecule has 2 atom stereocenters. The van der Waals surface area contributed by atoms with Gasteiger partial charge in [-0.3, -0.25) is 0 Å². The number of aryl methyl sites for hydroxylation is 1. The van der Waals surface area contributed by atoms with Crippen molar-refractivity contribution in [2.75, 3.05) is 0 Å². The van der Waals surface area contributed by atoms with Crippen molar-refractivity contribution >= 4 is 11.3 Å². The van der Waals surface area contributed by atoms with Gasteiger partial charge in [0, 0.05) is 15.8 Å². The maximum Gasteiger partial charge on any atom is 0.0774 e. The standard InChI is InChI=1S/C16H19NOS/c1-10-3-5-12(6-4-10)16-14-8-13(9-18)19-15(14)7-11(2)17-16/h3-6,8,11,16-18H,7,9H2,1-2H3. The van der Waals surface area contributed by atoms with Gasteiger partial charge in [-0.25, -0.2) is 0 Å². The van der Waals surface area contributed by atoms with Crippen LogP contribution in [0.25, 0.3) is 0 Å². The van der Waals surface area contributed by atoms with Crippen molar-refractivity contribution in [2.45, 2.75) is 39.0 Å². The van der Waals surface area contributed by atoms with Crippen molar-refractivity contribution in [3.63, 3.8) is 0 Å². The molecule has 0 fully saturated rings. The van der Waals surface area contributed by atoms with Crippen molar-refractivity contribution in [1.29, 1.82) is 0 Å². The van der Waals surface area contributed by atoms with Gasteiger partial charge in [-0.1, -0.05) is 29.8 Å². The molecule has 0 radical (unpaired) electrons. The lowest BCUT2D eigenvalue weighted by molar-refractivity contribution is 0.285. The SMILES string of the molecule is Cc1ccc(C2NC(C)Cc3sc(CO)cc32)cc1. The summed E-state index contributed by atoms with van der Waals surface area (Å²) in [5.74, 6) is 0. The second-order valence-corrected chi connectivity index (χ2v) is 6.59. The van der Waals surface area contributed by atoms with Crippen LogP contribution in [0.1, 0.15) is 39.4 Å². The van der Waals surface area contributed by atoms with Crippen molar-refractivity contribution in [1.82, 2.24) is 5.32 Å². The number of fused-ring (bicyclic) bond motifs is 1. The summed E-state index contributed by atoms with van der Waals surface area (Å²) >= 11 is 1.75. The van der Waals surface area contributed by atoms with Crippen molar-refractivity contribution < 1.29 is 5.11 Å². The Kier molecular flexibility index (Phi) is 3.44. The third-order valence-electron chi connectivity index (χ3n) is 3.71. The molecule has 100 valence electrons. The average molecular weight is 273 g/mol. The highest BCUT2D eigenvalue weighted by Gasteiger charge is 2.27. The fourth-order valence-corrected chi connectivity index (χ4v) is 3.92. The van der Waals surface area contributed by atoms with E-state index in [4.69, 9.17) is 0 Å². The minimum atomic E-state index is 0.146. The molecule has 2 N–H and O–H groups in total. The largest absolute Gasteiger partial charge is 0.391 e. The van der Waals surface area contributed by atoms with E-state index in [2.05, 4.69) is 49.5 Å². The van der Waals surface area contributed by atoms with Crippen LogP contribution in [0.3, 0.4) is 0 Å². The lowest BCUT2D eigenvalue weighted by Crippen LogP contribution is -2.37. The Hall–Kier alpha value is -1.16. The first kappa shape index (κ1) is 12.9. The first-order valence-corrected chi connectivity index (χ1v) is 7.54. The predicted octanol–water partition coefficient (Wildman–Crippen LogP) is 3.17. The van der Waals surface area contributed by atoms with Crippen LogP contribution in [0.15, 0.2) is 30.3 Å². The number of hydrogen-bond donors (Lipinski definition) is 2. The number of thiophene rings is 1. The van der Waals surface area contributed by atoms with E-state index in [1.807, 2.05) is 0 Å². The van der Waals surface area contributed by atoms with Crippen LogP contribution in [0.4, 0.5) is 0 Å². The van der Waals surface area contributed by atoms with Crippen LogP contribution >= 0.6 is 11.3 Å². The topological polar surface area (TPSA) is 32.3 Å². The molecule has 2 unspecified atom stereocenters. The highest BCUT2D eigenvalue weighted by Crippen LogP contribution is 2.36. The summed E-state index contributed by atoms with van der Waals surface area (Å²) in [4.78, 5) is 2.49. The Morgan fingerprint density at radius 3 is 2.74 bits per heavy atom. The fourth-order valence-electron chi connectivity index (χ4n) is 2.73. The van der Waals surface area contributed by atoms with E-state index in [0.717, 1.165) is 11.3 Å². The normalized spacial score (nSPS) is 22.3. The molecule has 0 saturated heterocycles.